The van der Waals surface area contributed by atoms with Crippen LogP contribution >= 0.6 is 0 Å². The van der Waals surface area contributed by atoms with Crippen molar-refractivity contribution in [3.05, 3.63) is 12.2 Å². The van der Waals surface area contributed by atoms with Gasteiger partial charge in [0.2, 0.25) is 0 Å². The standard InChI is InChI=1S/C10H18N2O3/c1-5-11-10(14)12-6-8(4)15-9(13)7(2)3/h8H,2,5-6H2,1,3-4H3,(H2,11,12,14). The minimum absolute atomic E-state index is 0.268. The molecule has 0 saturated heterocycles. The van der Waals surface area contributed by atoms with E-state index in [0.717, 1.165) is 0 Å². The van der Waals surface area contributed by atoms with Crippen molar-refractivity contribution < 1.29 is 14.3 Å². The Morgan fingerprint density at radius 1 is 1.40 bits per heavy atom. The molecule has 0 aliphatic rings. The molecular formula is C10H18N2O3. The highest BCUT2D eigenvalue weighted by molar-refractivity contribution is 5.87. The van der Waals surface area contributed by atoms with Crippen LogP contribution < -0.4 is 10.6 Å². The lowest BCUT2D eigenvalue weighted by Crippen LogP contribution is -2.40. The van der Waals surface area contributed by atoms with E-state index >= 15 is 0 Å². The molecule has 1 unspecified atom stereocenters. The molecule has 86 valence electrons. The van der Waals surface area contributed by atoms with Gasteiger partial charge in [-0.25, -0.2) is 9.59 Å². The van der Waals surface area contributed by atoms with Crippen molar-refractivity contribution in [2.24, 2.45) is 0 Å². The minimum Gasteiger partial charge on any atom is -0.457 e. The molecule has 0 aliphatic heterocycles. The molecule has 0 heterocycles. The molecule has 0 bridgehead atoms. The molecule has 0 saturated carbocycles. The van der Waals surface area contributed by atoms with Crippen LogP contribution in [0.3, 0.4) is 0 Å². The van der Waals surface area contributed by atoms with Gasteiger partial charge in [-0.3, -0.25) is 0 Å². The Kier molecular flexibility index (Phi) is 6.17. The van der Waals surface area contributed by atoms with Gasteiger partial charge in [-0.1, -0.05) is 6.58 Å². The highest BCUT2D eigenvalue weighted by atomic mass is 16.5. The number of carbonyl (C=O) groups is 2. The number of esters is 1. The van der Waals surface area contributed by atoms with Gasteiger partial charge in [0.05, 0.1) is 6.54 Å². The summed E-state index contributed by atoms with van der Waals surface area (Å²) < 4.78 is 4.96. The molecule has 0 rings (SSSR count). The number of nitrogens with one attached hydrogen (secondary N) is 2. The maximum absolute atomic E-state index is 11.1. The maximum atomic E-state index is 11.1. The Bertz CT molecular complexity index is 251. The van der Waals surface area contributed by atoms with Crippen molar-refractivity contribution in [3.8, 4) is 0 Å². The second-order valence-corrected chi connectivity index (χ2v) is 3.24. The molecule has 0 fully saturated rings. The number of hydrogen-bond donors (Lipinski definition) is 2. The summed E-state index contributed by atoms with van der Waals surface area (Å²) in [6.45, 7) is 9.40. The molecule has 0 aliphatic carbocycles. The summed E-state index contributed by atoms with van der Waals surface area (Å²) in [6.07, 6.45) is -0.364. The first-order valence-electron chi connectivity index (χ1n) is 4.85. The van der Waals surface area contributed by atoms with Crippen molar-refractivity contribution in [2.45, 2.75) is 26.9 Å². The number of amides is 2. The zero-order chi connectivity index (χ0) is 11.8. The first-order chi connectivity index (χ1) is 6.97. The highest BCUT2D eigenvalue weighted by Gasteiger charge is 2.10. The zero-order valence-electron chi connectivity index (χ0n) is 9.42. The summed E-state index contributed by atoms with van der Waals surface area (Å²) in [5.74, 6) is -0.444. The van der Waals surface area contributed by atoms with E-state index in [0.29, 0.717) is 12.1 Å². The van der Waals surface area contributed by atoms with E-state index < -0.39 is 5.97 Å². The number of ether oxygens (including phenoxy) is 1. The lowest BCUT2D eigenvalue weighted by atomic mass is 10.3. The van der Waals surface area contributed by atoms with Crippen LogP contribution in [-0.2, 0) is 9.53 Å². The summed E-state index contributed by atoms with van der Waals surface area (Å²) in [4.78, 5) is 22.1. The van der Waals surface area contributed by atoms with E-state index in [2.05, 4.69) is 17.2 Å². The van der Waals surface area contributed by atoms with Crippen molar-refractivity contribution in [2.75, 3.05) is 13.1 Å². The SMILES string of the molecule is C=C(C)C(=O)OC(C)CNC(=O)NCC. The van der Waals surface area contributed by atoms with E-state index in [-0.39, 0.29) is 18.7 Å². The van der Waals surface area contributed by atoms with Crippen LogP contribution in [0, 0.1) is 0 Å². The quantitative estimate of drug-likeness (QED) is 0.525. The number of carbonyl (C=O) groups excluding carboxylic acids is 2. The van der Waals surface area contributed by atoms with Gasteiger partial charge in [-0.15, -0.1) is 0 Å². The van der Waals surface area contributed by atoms with Crippen LogP contribution in [0.1, 0.15) is 20.8 Å². The van der Waals surface area contributed by atoms with Crippen molar-refractivity contribution in [1.82, 2.24) is 10.6 Å². The van der Waals surface area contributed by atoms with Gasteiger partial charge in [-0.05, 0) is 20.8 Å². The van der Waals surface area contributed by atoms with Crippen LogP contribution in [0.4, 0.5) is 4.79 Å². The van der Waals surface area contributed by atoms with Crippen LogP contribution in [0.5, 0.6) is 0 Å². The molecule has 0 aromatic carbocycles. The van der Waals surface area contributed by atoms with Gasteiger partial charge in [0.15, 0.2) is 0 Å². The Hall–Kier alpha value is -1.52. The largest absolute Gasteiger partial charge is 0.457 e. The fourth-order valence-electron chi connectivity index (χ4n) is 0.784. The molecule has 1 atom stereocenters. The highest BCUT2D eigenvalue weighted by Crippen LogP contribution is 1.96. The fraction of sp³-hybridized carbons (Fsp3) is 0.600. The van der Waals surface area contributed by atoms with Gasteiger partial charge >= 0.3 is 12.0 Å². The third kappa shape index (κ3) is 6.54. The number of hydrogen-bond acceptors (Lipinski definition) is 3. The average Bonchev–Trinajstić information content (AvgIpc) is 2.15. The topological polar surface area (TPSA) is 67.4 Å². The van der Waals surface area contributed by atoms with E-state index in [1.165, 1.54) is 0 Å². The molecule has 0 spiro atoms. The molecule has 5 nitrogen and oxygen atoms in total. The fourth-order valence-corrected chi connectivity index (χ4v) is 0.784. The van der Waals surface area contributed by atoms with Gasteiger partial charge in [0.1, 0.15) is 6.10 Å². The Balaban J connectivity index is 3.75. The normalized spacial score (nSPS) is 11.4. The summed E-state index contributed by atoms with van der Waals surface area (Å²) in [5, 5.41) is 5.14. The third-order valence-electron chi connectivity index (χ3n) is 1.54. The summed E-state index contributed by atoms with van der Waals surface area (Å²) >= 11 is 0. The molecule has 15 heavy (non-hydrogen) atoms. The van der Waals surface area contributed by atoms with Crippen LogP contribution in [-0.4, -0.2) is 31.2 Å². The average molecular weight is 214 g/mol. The molecule has 0 radical (unpaired) electrons. The van der Waals surface area contributed by atoms with Crippen LogP contribution in [0.2, 0.25) is 0 Å². The number of rotatable bonds is 5. The van der Waals surface area contributed by atoms with E-state index in [9.17, 15) is 9.59 Å². The van der Waals surface area contributed by atoms with E-state index in [1.807, 2.05) is 6.92 Å². The van der Waals surface area contributed by atoms with Crippen molar-refractivity contribution >= 4 is 12.0 Å². The third-order valence-corrected chi connectivity index (χ3v) is 1.54. The molecule has 0 aromatic rings. The smallest absolute Gasteiger partial charge is 0.333 e. The monoisotopic (exact) mass is 214 g/mol. The summed E-state index contributed by atoms with van der Waals surface area (Å²) in [6, 6.07) is -0.268. The zero-order valence-corrected chi connectivity index (χ0v) is 9.42. The lowest BCUT2D eigenvalue weighted by molar-refractivity contribution is -0.143. The molecular weight excluding hydrogens is 196 g/mol. The van der Waals surface area contributed by atoms with Crippen molar-refractivity contribution in [3.63, 3.8) is 0 Å². The Morgan fingerprint density at radius 3 is 2.47 bits per heavy atom. The van der Waals surface area contributed by atoms with Gasteiger partial charge in [0, 0.05) is 12.1 Å². The second kappa shape index (κ2) is 6.86. The molecule has 0 aromatic heterocycles. The van der Waals surface area contributed by atoms with E-state index in [4.69, 9.17) is 4.74 Å². The predicted molar refractivity (Wildman–Crippen MR) is 57.4 cm³/mol. The van der Waals surface area contributed by atoms with Gasteiger partial charge in [-0.2, -0.15) is 0 Å². The van der Waals surface area contributed by atoms with Crippen LogP contribution in [0.15, 0.2) is 12.2 Å². The number of urea groups is 1. The predicted octanol–water partition coefficient (Wildman–Crippen LogP) is 0.813. The van der Waals surface area contributed by atoms with Crippen LogP contribution in [0.25, 0.3) is 0 Å². The van der Waals surface area contributed by atoms with E-state index in [1.54, 1.807) is 13.8 Å². The molecule has 2 N–H and O–H groups in total. The Morgan fingerprint density at radius 2 is 2.00 bits per heavy atom. The lowest BCUT2D eigenvalue weighted by Gasteiger charge is -2.14. The van der Waals surface area contributed by atoms with Gasteiger partial charge in [0.25, 0.3) is 0 Å². The summed E-state index contributed by atoms with van der Waals surface area (Å²) in [5.41, 5.74) is 0.347. The molecule has 2 amide bonds. The second-order valence-electron chi connectivity index (χ2n) is 3.24. The Labute approximate surface area is 89.9 Å². The minimum atomic E-state index is -0.444. The first-order valence-corrected chi connectivity index (χ1v) is 4.85. The maximum Gasteiger partial charge on any atom is 0.333 e. The summed E-state index contributed by atoms with van der Waals surface area (Å²) in [7, 11) is 0. The molecule has 5 heteroatoms. The first kappa shape index (κ1) is 13.5. The van der Waals surface area contributed by atoms with Crippen molar-refractivity contribution in [1.29, 1.82) is 0 Å². The van der Waals surface area contributed by atoms with Gasteiger partial charge < -0.3 is 15.4 Å².